The highest BCUT2D eigenvalue weighted by molar-refractivity contribution is 5.94. The fraction of sp³-hybridized carbons (Fsp3) is 0.150. The first kappa shape index (κ1) is 17.4. The van der Waals surface area contributed by atoms with E-state index in [2.05, 4.69) is 15.7 Å². The number of anilines is 1. The molecule has 2 aromatic carbocycles. The predicted molar refractivity (Wildman–Crippen MR) is 101 cm³/mol. The lowest BCUT2D eigenvalue weighted by Gasteiger charge is -2.06. The Morgan fingerprint density at radius 1 is 1.12 bits per heavy atom. The van der Waals surface area contributed by atoms with Gasteiger partial charge in [-0.2, -0.15) is 5.10 Å². The monoisotopic (exact) mass is 348 g/mol. The van der Waals surface area contributed by atoms with Crippen LogP contribution >= 0.6 is 0 Å². The quantitative estimate of drug-likeness (QED) is 0.644. The van der Waals surface area contributed by atoms with E-state index in [1.807, 2.05) is 49.5 Å². The van der Waals surface area contributed by atoms with E-state index in [9.17, 15) is 9.59 Å². The molecule has 0 saturated heterocycles. The molecule has 6 heteroatoms. The number of aldehydes is 1. The van der Waals surface area contributed by atoms with Crippen LogP contribution in [-0.4, -0.2) is 35.6 Å². The van der Waals surface area contributed by atoms with Crippen molar-refractivity contribution in [2.45, 2.75) is 6.54 Å². The molecule has 132 valence electrons. The minimum Gasteiger partial charge on any atom is -0.388 e. The zero-order valence-electron chi connectivity index (χ0n) is 14.5. The van der Waals surface area contributed by atoms with Crippen LogP contribution in [0.3, 0.4) is 0 Å². The van der Waals surface area contributed by atoms with E-state index in [0.717, 1.165) is 17.5 Å². The van der Waals surface area contributed by atoms with E-state index >= 15 is 0 Å². The van der Waals surface area contributed by atoms with Gasteiger partial charge in [0.25, 0.3) is 5.91 Å². The van der Waals surface area contributed by atoms with Gasteiger partial charge in [-0.25, -0.2) is 0 Å². The molecule has 0 spiro atoms. The number of aromatic nitrogens is 2. The number of hydrogen-bond acceptors (Lipinski definition) is 4. The van der Waals surface area contributed by atoms with E-state index < -0.39 is 0 Å². The summed E-state index contributed by atoms with van der Waals surface area (Å²) >= 11 is 0. The Balaban J connectivity index is 1.62. The molecule has 0 radical (unpaired) electrons. The zero-order valence-corrected chi connectivity index (χ0v) is 14.5. The molecule has 0 aliphatic heterocycles. The molecule has 0 aliphatic rings. The average molecular weight is 348 g/mol. The van der Waals surface area contributed by atoms with Gasteiger partial charge in [0.2, 0.25) is 0 Å². The second kappa shape index (κ2) is 8.11. The number of carbonyl (C=O) groups excluding carboxylic acids is 2. The van der Waals surface area contributed by atoms with Crippen molar-refractivity contribution in [2.75, 3.05) is 18.9 Å². The smallest absolute Gasteiger partial charge is 0.251 e. The van der Waals surface area contributed by atoms with E-state index in [-0.39, 0.29) is 5.91 Å². The van der Waals surface area contributed by atoms with Crippen molar-refractivity contribution in [1.29, 1.82) is 0 Å². The number of carbonyl (C=O) groups is 2. The van der Waals surface area contributed by atoms with Crippen LogP contribution in [0.15, 0.2) is 60.8 Å². The molecule has 0 fully saturated rings. The molecule has 0 bridgehead atoms. The Kier molecular flexibility index (Phi) is 5.43. The molecule has 1 amide bonds. The lowest BCUT2D eigenvalue weighted by molar-refractivity contribution is 0.0951. The summed E-state index contributed by atoms with van der Waals surface area (Å²) in [5, 5.41) is 10.3. The Morgan fingerprint density at radius 2 is 1.85 bits per heavy atom. The second-order valence-corrected chi connectivity index (χ2v) is 5.76. The normalized spacial score (nSPS) is 10.3. The first-order chi connectivity index (χ1) is 12.7. The molecule has 2 N–H and O–H groups in total. The summed E-state index contributed by atoms with van der Waals surface area (Å²) in [7, 11) is 1.83. The first-order valence-electron chi connectivity index (χ1n) is 8.35. The Bertz CT molecular complexity index is 886. The molecule has 0 atom stereocenters. The van der Waals surface area contributed by atoms with Gasteiger partial charge in [-0.05, 0) is 24.3 Å². The van der Waals surface area contributed by atoms with Crippen LogP contribution in [-0.2, 0) is 6.54 Å². The Hall–Kier alpha value is -3.41. The van der Waals surface area contributed by atoms with Crippen molar-refractivity contribution in [1.82, 2.24) is 15.1 Å². The number of nitrogens with one attached hydrogen (secondary N) is 2. The average Bonchev–Trinajstić information content (AvgIpc) is 3.12. The molecule has 1 aromatic heterocycles. The summed E-state index contributed by atoms with van der Waals surface area (Å²) in [6.45, 7) is 0.898. The molecule has 6 nitrogen and oxygen atoms in total. The van der Waals surface area contributed by atoms with Gasteiger partial charge in [0.1, 0.15) is 5.69 Å². The summed E-state index contributed by atoms with van der Waals surface area (Å²) in [5.74, 6) is -0.140. The molecular formula is C20H20N4O2. The van der Waals surface area contributed by atoms with Crippen LogP contribution in [0, 0.1) is 0 Å². The van der Waals surface area contributed by atoms with Gasteiger partial charge in [-0.3, -0.25) is 14.3 Å². The number of nitrogens with zero attached hydrogens (tertiary/aromatic N) is 2. The van der Waals surface area contributed by atoms with Crippen molar-refractivity contribution < 1.29 is 9.59 Å². The largest absolute Gasteiger partial charge is 0.388 e. The van der Waals surface area contributed by atoms with Crippen LogP contribution in [0.5, 0.6) is 0 Å². The van der Waals surface area contributed by atoms with Gasteiger partial charge in [-0.15, -0.1) is 0 Å². The van der Waals surface area contributed by atoms with Crippen LogP contribution in [0.2, 0.25) is 0 Å². The molecule has 1 heterocycles. The maximum atomic E-state index is 12.2. The van der Waals surface area contributed by atoms with E-state index in [4.69, 9.17) is 0 Å². The van der Waals surface area contributed by atoms with E-state index in [1.54, 1.807) is 23.0 Å². The fourth-order valence-corrected chi connectivity index (χ4v) is 2.63. The van der Waals surface area contributed by atoms with Gasteiger partial charge in [0.05, 0.1) is 12.1 Å². The highest BCUT2D eigenvalue weighted by Gasteiger charge is 2.11. The van der Waals surface area contributed by atoms with E-state index in [1.165, 1.54) is 0 Å². The topological polar surface area (TPSA) is 76.0 Å². The molecule has 26 heavy (non-hydrogen) atoms. The van der Waals surface area contributed by atoms with Gasteiger partial charge in [-0.1, -0.05) is 30.3 Å². The molecule has 0 aliphatic carbocycles. The van der Waals surface area contributed by atoms with E-state index in [0.29, 0.717) is 29.9 Å². The third kappa shape index (κ3) is 3.97. The van der Waals surface area contributed by atoms with Crippen molar-refractivity contribution in [3.05, 3.63) is 71.9 Å². The molecular weight excluding hydrogens is 328 g/mol. The zero-order chi connectivity index (χ0) is 18.4. The first-order valence-corrected chi connectivity index (χ1v) is 8.35. The predicted octanol–water partition coefficient (Wildman–Crippen LogP) is 2.83. The number of hydrogen-bond donors (Lipinski definition) is 2. The number of rotatable bonds is 7. The number of benzene rings is 2. The highest BCUT2D eigenvalue weighted by atomic mass is 16.1. The number of amides is 1. The van der Waals surface area contributed by atoms with Gasteiger partial charge < -0.3 is 10.6 Å². The van der Waals surface area contributed by atoms with Crippen molar-refractivity contribution >= 4 is 17.9 Å². The summed E-state index contributed by atoms with van der Waals surface area (Å²) in [6.07, 6.45) is 2.50. The summed E-state index contributed by atoms with van der Waals surface area (Å²) in [5.41, 5.74) is 3.62. The molecule has 3 aromatic rings. The SMILES string of the molecule is CNc1ccc(C(=O)NCCn2cc(C=O)c(-c3ccccc3)n2)cc1. The minimum absolute atomic E-state index is 0.140. The molecule has 3 rings (SSSR count). The lowest BCUT2D eigenvalue weighted by Crippen LogP contribution is -2.27. The molecule has 0 unspecified atom stereocenters. The van der Waals surface area contributed by atoms with Gasteiger partial charge in [0, 0.05) is 36.6 Å². The summed E-state index contributed by atoms with van der Waals surface area (Å²) < 4.78 is 1.68. The minimum atomic E-state index is -0.140. The highest BCUT2D eigenvalue weighted by Crippen LogP contribution is 2.20. The van der Waals surface area contributed by atoms with Crippen LogP contribution < -0.4 is 10.6 Å². The summed E-state index contributed by atoms with van der Waals surface area (Å²) in [6, 6.07) is 16.8. The lowest BCUT2D eigenvalue weighted by atomic mass is 10.1. The summed E-state index contributed by atoms with van der Waals surface area (Å²) in [4.78, 5) is 23.5. The van der Waals surface area contributed by atoms with Crippen LogP contribution in [0.25, 0.3) is 11.3 Å². The van der Waals surface area contributed by atoms with Crippen LogP contribution in [0.4, 0.5) is 5.69 Å². The Labute approximate surface area is 151 Å². The van der Waals surface area contributed by atoms with Crippen molar-refractivity contribution in [3.8, 4) is 11.3 Å². The molecule has 0 saturated carbocycles. The third-order valence-electron chi connectivity index (χ3n) is 4.03. The second-order valence-electron chi connectivity index (χ2n) is 5.76. The maximum Gasteiger partial charge on any atom is 0.251 e. The van der Waals surface area contributed by atoms with Crippen LogP contribution in [0.1, 0.15) is 20.7 Å². The standard InChI is InChI=1S/C20H20N4O2/c1-21-18-9-7-16(8-10-18)20(26)22-11-12-24-13-17(14-25)19(23-24)15-5-3-2-4-6-15/h2-10,13-14,21H,11-12H2,1H3,(H,22,26). The maximum absolute atomic E-state index is 12.2. The fourth-order valence-electron chi connectivity index (χ4n) is 2.63. The van der Waals surface area contributed by atoms with Crippen molar-refractivity contribution in [2.24, 2.45) is 0 Å². The van der Waals surface area contributed by atoms with Crippen molar-refractivity contribution in [3.63, 3.8) is 0 Å². The Morgan fingerprint density at radius 3 is 2.50 bits per heavy atom. The van der Waals surface area contributed by atoms with Gasteiger partial charge >= 0.3 is 0 Å². The van der Waals surface area contributed by atoms with Gasteiger partial charge in [0.15, 0.2) is 6.29 Å². The third-order valence-corrected chi connectivity index (χ3v) is 4.03.